The Kier molecular flexibility index (Phi) is 5.38. The van der Waals surface area contributed by atoms with Gasteiger partial charge in [-0.2, -0.15) is 4.73 Å². The number of nitrogens with zero attached hydrogens (tertiary/aromatic N) is 1. The zero-order valence-electron chi connectivity index (χ0n) is 10.8. The van der Waals surface area contributed by atoms with Crippen LogP contribution in [-0.2, 0) is 27.4 Å². The second kappa shape index (κ2) is 7.28. The highest BCUT2D eigenvalue weighted by molar-refractivity contribution is 5.12. The minimum atomic E-state index is -0.155. The van der Waals surface area contributed by atoms with Crippen molar-refractivity contribution in [1.82, 2.24) is 4.73 Å². The average molecular weight is 269 g/mol. The van der Waals surface area contributed by atoms with Gasteiger partial charge < -0.3 is 19.4 Å². The van der Waals surface area contributed by atoms with E-state index < -0.39 is 0 Å². The number of ether oxygens (including phenoxy) is 3. The van der Waals surface area contributed by atoms with Crippen molar-refractivity contribution < 1.29 is 19.4 Å². The van der Waals surface area contributed by atoms with Gasteiger partial charge >= 0.3 is 0 Å². The van der Waals surface area contributed by atoms with Gasteiger partial charge in [-0.25, -0.2) is 0 Å². The maximum atomic E-state index is 11.5. The van der Waals surface area contributed by atoms with E-state index in [1.165, 1.54) is 12.1 Å². The summed E-state index contributed by atoms with van der Waals surface area (Å²) >= 11 is 0. The zero-order valence-corrected chi connectivity index (χ0v) is 10.8. The van der Waals surface area contributed by atoms with Crippen LogP contribution in [0.25, 0.3) is 0 Å². The molecule has 0 fully saturated rings. The molecule has 2 bridgehead atoms. The van der Waals surface area contributed by atoms with Crippen LogP contribution < -0.4 is 5.43 Å². The largest absolute Gasteiger partial charge is 0.428 e. The Balaban J connectivity index is 2.11. The lowest BCUT2D eigenvalue weighted by Gasteiger charge is -2.14. The molecule has 2 heterocycles. The van der Waals surface area contributed by atoms with Crippen molar-refractivity contribution in [3.05, 3.63) is 33.7 Å². The molecular weight excluding hydrogens is 250 g/mol. The molecule has 0 aromatic carbocycles. The predicted molar refractivity (Wildman–Crippen MR) is 67.3 cm³/mol. The summed E-state index contributed by atoms with van der Waals surface area (Å²) in [5.74, 6) is 0. The Morgan fingerprint density at radius 1 is 0.895 bits per heavy atom. The van der Waals surface area contributed by atoms with E-state index in [9.17, 15) is 10.0 Å². The Hall–Kier alpha value is -1.37. The molecule has 0 spiro atoms. The van der Waals surface area contributed by atoms with Gasteiger partial charge in [-0.3, -0.25) is 4.79 Å². The van der Waals surface area contributed by atoms with Crippen LogP contribution >= 0.6 is 0 Å². The quantitative estimate of drug-likeness (QED) is 0.709. The molecule has 2 rings (SSSR count). The number of aromatic nitrogens is 1. The van der Waals surface area contributed by atoms with E-state index in [-0.39, 0.29) is 18.6 Å². The second-order valence-corrected chi connectivity index (χ2v) is 4.41. The van der Waals surface area contributed by atoms with E-state index in [0.29, 0.717) is 37.8 Å². The molecule has 0 radical (unpaired) electrons. The van der Waals surface area contributed by atoms with Gasteiger partial charge in [0.1, 0.15) is 0 Å². The highest BCUT2D eigenvalue weighted by Gasteiger charge is 2.08. The molecular formula is C13H19NO5. The summed E-state index contributed by atoms with van der Waals surface area (Å²) < 4.78 is 17.2. The molecule has 19 heavy (non-hydrogen) atoms. The molecule has 1 aliphatic heterocycles. The summed E-state index contributed by atoms with van der Waals surface area (Å²) in [5.41, 5.74) is 0.714. The molecule has 1 N–H and O–H groups in total. The van der Waals surface area contributed by atoms with E-state index in [0.717, 1.165) is 17.6 Å². The topological polar surface area (TPSA) is 69.9 Å². The van der Waals surface area contributed by atoms with Gasteiger partial charge in [-0.1, -0.05) is 0 Å². The van der Waals surface area contributed by atoms with Crippen molar-refractivity contribution in [3.8, 4) is 0 Å². The third-order valence-electron chi connectivity index (χ3n) is 2.82. The summed E-state index contributed by atoms with van der Waals surface area (Å²) in [4.78, 5) is 11.5. The molecule has 0 saturated carbocycles. The van der Waals surface area contributed by atoms with E-state index in [1.807, 2.05) is 0 Å². The standard InChI is InChI=1S/C13H19NO5/c15-13-7-11-9-18-5-1-3-17-4-2-6-19-10-12(8-13)14(11)16/h7-8,16H,1-6,9-10H2. The van der Waals surface area contributed by atoms with Crippen LogP contribution in [-0.4, -0.2) is 36.4 Å². The van der Waals surface area contributed by atoms with Crippen molar-refractivity contribution in [2.24, 2.45) is 0 Å². The third kappa shape index (κ3) is 4.34. The van der Waals surface area contributed by atoms with Gasteiger partial charge in [0.2, 0.25) is 0 Å². The monoisotopic (exact) mass is 269 g/mol. The van der Waals surface area contributed by atoms with Crippen molar-refractivity contribution in [2.45, 2.75) is 26.1 Å². The molecule has 1 aliphatic rings. The van der Waals surface area contributed by atoms with E-state index in [1.54, 1.807) is 0 Å². The Labute approximate surface area is 111 Å². The summed E-state index contributed by atoms with van der Waals surface area (Å²) in [6.07, 6.45) is 1.58. The summed E-state index contributed by atoms with van der Waals surface area (Å²) in [5, 5.41) is 9.98. The highest BCUT2D eigenvalue weighted by atomic mass is 16.5. The normalized spacial score (nSPS) is 18.7. The lowest BCUT2D eigenvalue weighted by atomic mass is 10.3. The SMILES string of the molecule is O=c1cc2n(O)c(c1)COCCCOCCCOC2. The molecule has 0 atom stereocenters. The van der Waals surface area contributed by atoms with Crippen LogP contribution in [0.15, 0.2) is 16.9 Å². The van der Waals surface area contributed by atoms with Crippen molar-refractivity contribution in [3.63, 3.8) is 0 Å². The molecule has 0 saturated heterocycles. The first-order chi connectivity index (χ1) is 9.27. The third-order valence-corrected chi connectivity index (χ3v) is 2.82. The van der Waals surface area contributed by atoms with Crippen LogP contribution in [0, 0.1) is 0 Å². The molecule has 1 aromatic rings. The van der Waals surface area contributed by atoms with Gasteiger partial charge in [0.25, 0.3) is 0 Å². The molecule has 0 aliphatic carbocycles. The minimum absolute atomic E-state index is 0.155. The van der Waals surface area contributed by atoms with Crippen LogP contribution in [0.4, 0.5) is 0 Å². The minimum Gasteiger partial charge on any atom is -0.428 e. The maximum absolute atomic E-state index is 11.5. The first-order valence-corrected chi connectivity index (χ1v) is 6.45. The van der Waals surface area contributed by atoms with E-state index in [2.05, 4.69) is 0 Å². The first kappa shape index (κ1) is 14.0. The van der Waals surface area contributed by atoms with Crippen molar-refractivity contribution in [2.75, 3.05) is 26.4 Å². The zero-order chi connectivity index (χ0) is 13.5. The van der Waals surface area contributed by atoms with Crippen molar-refractivity contribution >= 4 is 0 Å². The van der Waals surface area contributed by atoms with Gasteiger partial charge in [0.15, 0.2) is 5.43 Å². The number of fused-ring (bicyclic) bond motifs is 2. The number of hydrogen-bond donors (Lipinski definition) is 1. The van der Waals surface area contributed by atoms with E-state index in [4.69, 9.17) is 14.2 Å². The van der Waals surface area contributed by atoms with Crippen LogP contribution in [0.3, 0.4) is 0 Å². The molecule has 6 nitrogen and oxygen atoms in total. The Morgan fingerprint density at radius 3 is 1.89 bits per heavy atom. The highest BCUT2D eigenvalue weighted by Crippen LogP contribution is 2.05. The van der Waals surface area contributed by atoms with Gasteiger partial charge in [-0.15, -0.1) is 0 Å². The first-order valence-electron chi connectivity index (χ1n) is 6.45. The second-order valence-electron chi connectivity index (χ2n) is 4.41. The maximum Gasteiger partial charge on any atom is 0.182 e. The number of hydrogen-bond acceptors (Lipinski definition) is 5. The summed E-state index contributed by atoms with van der Waals surface area (Å²) in [6, 6.07) is 2.73. The average Bonchev–Trinajstić information content (AvgIpc) is 2.39. The molecule has 1 aromatic heterocycles. The molecule has 0 amide bonds. The van der Waals surface area contributed by atoms with Gasteiger partial charge in [-0.05, 0) is 12.8 Å². The van der Waals surface area contributed by atoms with Crippen molar-refractivity contribution in [1.29, 1.82) is 0 Å². The van der Waals surface area contributed by atoms with Gasteiger partial charge in [0, 0.05) is 38.6 Å². The summed E-state index contributed by atoms with van der Waals surface area (Å²) in [6.45, 7) is 2.75. The number of pyridine rings is 1. The fourth-order valence-electron chi connectivity index (χ4n) is 1.86. The van der Waals surface area contributed by atoms with E-state index >= 15 is 0 Å². The Bertz CT molecular complexity index is 421. The smallest absolute Gasteiger partial charge is 0.182 e. The molecule has 106 valence electrons. The summed E-state index contributed by atoms with van der Waals surface area (Å²) in [7, 11) is 0. The predicted octanol–water partition coefficient (Wildman–Crippen LogP) is 0.929. The van der Waals surface area contributed by atoms with Crippen LogP contribution in [0.5, 0.6) is 0 Å². The van der Waals surface area contributed by atoms with Gasteiger partial charge in [0.05, 0.1) is 24.6 Å². The lowest BCUT2D eigenvalue weighted by Crippen LogP contribution is -2.18. The molecule has 6 heteroatoms. The van der Waals surface area contributed by atoms with Crippen LogP contribution in [0.2, 0.25) is 0 Å². The Morgan fingerprint density at radius 2 is 1.37 bits per heavy atom. The van der Waals surface area contributed by atoms with Crippen LogP contribution in [0.1, 0.15) is 24.2 Å². The fourth-order valence-corrected chi connectivity index (χ4v) is 1.86. The number of rotatable bonds is 0. The fraction of sp³-hybridized carbons (Fsp3) is 0.615. The lowest BCUT2D eigenvalue weighted by molar-refractivity contribution is 0.0346. The molecule has 0 unspecified atom stereocenters.